The van der Waals surface area contributed by atoms with Gasteiger partial charge in [0.2, 0.25) is 0 Å². The number of rotatable bonds is 8. The third-order valence-electron chi connectivity index (χ3n) is 7.27. The molecule has 1 aliphatic heterocycles. The molecular formula is C31H21N3O4S3Si. The third-order valence-corrected chi connectivity index (χ3v) is 14.7. The molecule has 206 valence electrons. The van der Waals surface area contributed by atoms with Gasteiger partial charge in [0.15, 0.2) is 0 Å². The standard InChI is InChI=1S/C31H21N3O4S3Si/c1-42(2)28-7-10-39-30(28)31-29(42)15-27(41-31)26-4-3-25(40-26)18-5-8-32-21(11-18)23-13-20(38-17-36)14-24(34-23)22-12-19(37-16-35)6-9-33-22/h3-17H,1-2H3. The van der Waals surface area contributed by atoms with Crippen molar-refractivity contribution in [2.24, 2.45) is 0 Å². The molecule has 0 bridgehead atoms. The lowest BCUT2D eigenvalue weighted by atomic mass is 10.1. The van der Waals surface area contributed by atoms with Crippen LogP contribution in [0, 0.1) is 0 Å². The van der Waals surface area contributed by atoms with Crippen LogP contribution >= 0.6 is 34.0 Å². The molecule has 42 heavy (non-hydrogen) atoms. The highest BCUT2D eigenvalue weighted by Gasteiger charge is 2.40. The van der Waals surface area contributed by atoms with E-state index in [-0.39, 0.29) is 0 Å². The maximum atomic E-state index is 11.2. The molecule has 0 atom stereocenters. The number of thiophene rings is 3. The fourth-order valence-corrected chi connectivity index (χ4v) is 13.3. The molecular weight excluding hydrogens is 603 g/mol. The van der Waals surface area contributed by atoms with Gasteiger partial charge in [-0.15, -0.1) is 34.0 Å². The van der Waals surface area contributed by atoms with Gasteiger partial charge in [-0.3, -0.25) is 19.6 Å². The Balaban J connectivity index is 1.23. The topological polar surface area (TPSA) is 91.3 Å². The molecule has 11 heteroatoms. The number of pyridine rings is 3. The maximum Gasteiger partial charge on any atom is 0.298 e. The van der Waals surface area contributed by atoms with Gasteiger partial charge < -0.3 is 9.47 Å². The number of carbonyl (C=O) groups excluding carboxylic acids is 2. The number of nitrogens with zero attached hydrogens (tertiary/aromatic N) is 3. The predicted molar refractivity (Wildman–Crippen MR) is 171 cm³/mol. The fraction of sp³-hybridized carbons (Fsp3) is 0.0645. The molecule has 0 saturated heterocycles. The van der Waals surface area contributed by atoms with E-state index < -0.39 is 8.07 Å². The summed E-state index contributed by atoms with van der Waals surface area (Å²) in [4.78, 5) is 42.2. The van der Waals surface area contributed by atoms with Gasteiger partial charge in [0.1, 0.15) is 19.6 Å². The monoisotopic (exact) mass is 623 g/mol. The smallest absolute Gasteiger partial charge is 0.298 e. The zero-order chi connectivity index (χ0) is 28.8. The summed E-state index contributed by atoms with van der Waals surface area (Å²) in [6.07, 6.45) is 3.27. The predicted octanol–water partition coefficient (Wildman–Crippen LogP) is 6.60. The van der Waals surface area contributed by atoms with E-state index in [4.69, 9.17) is 14.5 Å². The lowest BCUT2D eigenvalue weighted by Gasteiger charge is -2.15. The Labute approximate surface area is 254 Å². The van der Waals surface area contributed by atoms with Gasteiger partial charge in [0.25, 0.3) is 12.9 Å². The van der Waals surface area contributed by atoms with Crippen molar-refractivity contribution < 1.29 is 19.1 Å². The zero-order valence-corrected chi connectivity index (χ0v) is 25.8. The molecule has 6 aromatic rings. The van der Waals surface area contributed by atoms with E-state index in [2.05, 4.69) is 52.7 Å². The first-order valence-electron chi connectivity index (χ1n) is 12.9. The van der Waals surface area contributed by atoms with Crippen molar-refractivity contribution in [1.82, 2.24) is 15.0 Å². The van der Waals surface area contributed by atoms with Gasteiger partial charge >= 0.3 is 0 Å². The number of hydrogen-bond acceptors (Lipinski definition) is 10. The van der Waals surface area contributed by atoms with Crippen LogP contribution in [0.5, 0.6) is 11.5 Å². The largest absolute Gasteiger partial charge is 0.429 e. The van der Waals surface area contributed by atoms with Crippen LogP contribution in [0.3, 0.4) is 0 Å². The first kappa shape index (κ1) is 26.6. The van der Waals surface area contributed by atoms with Gasteiger partial charge in [0, 0.05) is 55.0 Å². The van der Waals surface area contributed by atoms with E-state index >= 15 is 0 Å². The van der Waals surface area contributed by atoms with Gasteiger partial charge in [-0.2, -0.15) is 0 Å². The molecule has 6 aromatic heterocycles. The summed E-state index contributed by atoms with van der Waals surface area (Å²) in [5.74, 6) is 0.622. The number of fused-ring (bicyclic) bond motifs is 3. The van der Waals surface area contributed by atoms with Crippen LogP contribution in [0.2, 0.25) is 13.1 Å². The highest BCUT2D eigenvalue weighted by atomic mass is 32.1. The second-order valence-electron chi connectivity index (χ2n) is 10.1. The lowest BCUT2D eigenvalue weighted by molar-refractivity contribution is -0.121. The van der Waals surface area contributed by atoms with E-state index in [1.54, 1.807) is 52.2 Å². The minimum atomic E-state index is -1.64. The van der Waals surface area contributed by atoms with Crippen molar-refractivity contribution >= 4 is 65.4 Å². The molecule has 7 rings (SSSR count). The summed E-state index contributed by atoms with van der Waals surface area (Å²) >= 11 is 5.51. The van der Waals surface area contributed by atoms with E-state index in [0.29, 0.717) is 47.2 Å². The van der Waals surface area contributed by atoms with Gasteiger partial charge in [-0.25, -0.2) is 4.98 Å². The Hall–Kier alpha value is -4.29. The normalized spacial score (nSPS) is 12.9. The first-order chi connectivity index (χ1) is 20.4. The second kappa shape index (κ2) is 10.5. The summed E-state index contributed by atoms with van der Waals surface area (Å²) in [6, 6.07) is 19.5. The molecule has 0 N–H and O–H groups in total. The van der Waals surface area contributed by atoms with Crippen LogP contribution in [0.25, 0.3) is 52.7 Å². The second-order valence-corrected chi connectivity index (χ2v) is 17.5. The summed E-state index contributed by atoms with van der Waals surface area (Å²) in [6.45, 7) is 5.60. The highest BCUT2D eigenvalue weighted by Crippen LogP contribution is 2.44. The van der Waals surface area contributed by atoms with Crippen molar-refractivity contribution in [3.63, 3.8) is 0 Å². The van der Waals surface area contributed by atoms with Crippen LogP contribution in [0.4, 0.5) is 0 Å². The Morgan fingerprint density at radius 1 is 0.667 bits per heavy atom. The van der Waals surface area contributed by atoms with Gasteiger partial charge in [-0.05, 0) is 57.7 Å². The molecule has 0 aliphatic carbocycles. The number of aromatic nitrogens is 3. The molecule has 7 nitrogen and oxygen atoms in total. The van der Waals surface area contributed by atoms with Gasteiger partial charge in [-0.1, -0.05) is 19.2 Å². The Kier molecular flexibility index (Phi) is 6.66. The molecule has 0 fully saturated rings. The van der Waals surface area contributed by atoms with Crippen molar-refractivity contribution in [1.29, 1.82) is 0 Å². The van der Waals surface area contributed by atoms with E-state index in [1.807, 2.05) is 34.8 Å². The van der Waals surface area contributed by atoms with E-state index in [0.717, 1.165) is 10.4 Å². The molecule has 7 heterocycles. The van der Waals surface area contributed by atoms with Crippen molar-refractivity contribution in [3.8, 4) is 64.2 Å². The van der Waals surface area contributed by atoms with E-state index in [9.17, 15) is 9.59 Å². The zero-order valence-electron chi connectivity index (χ0n) is 22.4. The van der Waals surface area contributed by atoms with Crippen molar-refractivity contribution in [3.05, 3.63) is 78.4 Å². The average Bonchev–Trinajstić information content (AvgIpc) is 3.79. The summed E-state index contributed by atoms with van der Waals surface area (Å²) in [5, 5.41) is 5.33. The molecule has 0 amide bonds. The Bertz CT molecular complexity index is 1990. The molecule has 0 aromatic carbocycles. The van der Waals surface area contributed by atoms with Crippen LogP contribution in [-0.4, -0.2) is 36.0 Å². The average molecular weight is 624 g/mol. The van der Waals surface area contributed by atoms with Gasteiger partial charge in [0.05, 0.1) is 22.8 Å². The molecule has 0 radical (unpaired) electrons. The summed E-state index contributed by atoms with van der Waals surface area (Å²) in [5.41, 5.74) is 3.04. The number of ether oxygens (including phenoxy) is 2. The summed E-state index contributed by atoms with van der Waals surface area (Å²) in [7, 11) is -1.64. The quantitative estimate of drug-likeness (QED) is 0.139. The molecule has 1 aliphatic rings. The Morgan fingerprint density at radius 2 is 1.36 bits per heavy atom. The minimum absolute atomic E-state index is 0.297. The third kappa shape index (κ3) is 4.60. The van der Waals surface area contributed by atoms with E-state index in [1.165, 1.54) is 25.7 Å². The number of hydrogen-bond donors (Lipinski definition) is 0. The summed E-state index contributed by atoms with van der Waals surface area (Å²) < 4.78 is 10.1. The molecule has 0 spiro atoms. The van der Waals surface area contributed by atoms with Crippen LogP contribution in [-0.2, 0) is 9.59 Å². The lowest BCUT2D eigenvalue weighted by Crippen LogP contribution is -2.48. The number of carbonyl (C=O) groups is 2. The van der Waals surface area contributed by atoms with Crippen molar-refractivity contribution in [2.45, 2.75) is 13.1 Å². The SMILES string of the molecule is C[Si]1(C)c2ccsc2-c2sc(-c3ccc(-c4ccnc(-c5cc(OC=O)cc(-c6cc(OC=O)ccn6)n5)c4)s3)cc21. The minimum Gasteiger partial charge on any atom is -0.429 e. The fourth-order valence-electron chi connectivity index (χ4n) is 5.19. The highest BCUT2D eigenvalue weighted by molar-refractivity contribution is 7.31. The molecule has 0 unspecified atom stereocenters. The molecule has 0 saturated carbocycles. The Morgan fingerprint density at radius 3 is 2.14 bits per heavy atom. The van der Waals surface area contributed by atoms with Crippen LogP contribution < -0.4 is 19.8 Å². The van der Waals surface area contributed by atoms with Crippen LogP contribution in [0.1, 0.15) is 0 Å². The van der Waals surface area contributed by atoms with Crippen molar-refractivity contribution in [2.75, 3.05) is 0 Å². The first-order valence-corrected chi connectivity index (χ1v) is 18.4. The van der Waals surface area contributed by atoms with Crippen LogP contribution in [0.15, 0.2) is 78.4 Å². The maximum absolute atomic E-state index is 11.2.